The lowest BCUT2D eigenvalue weighted by atomic mass is 9.55. The molecule has 0 bridgehead atoms. The van der Waals surface area contributed by atoms with Gasteiger partial charge in [0.05, 0.1) is 0 Å². The Labute approximate surface area is 128 Å². The summed E-state index contributed by atoms with van der Waals surface area (Å²) >= 11 is 0. The Morgan fingerprint density at radius 2 is 1.50 bits per heavy atom. The van der Waals surface area contributed by atoms with Gasteiger partial charge in [0.15, 0.2) is 0 Å². The standard InChI is InChI=1S/C20H38/c1-12(2)18(17(7)20(8,9)10)19-14(4)11-13(3)15(5)16(19)6/h13-19H,1,11H2,2-10H3. The Kier molecular flexibility index (Phi) is 5.55. The zero-order chi connectivity index (χ0) is 15.8. The molecule has 0 aliphatic heterocycles. The van der Waals surface area contributed by atoms with Gasteiger partial charge in [0.1, 0.15) is 0 Å². The van der Waals surface area contributed by atoms with E-state index in [2.05, 4.69) is 68.9 Å². The third-order valence-electron chi connectivity index (χ3n) is 6.62. The summed E-state index contributed by atoms with van der Waals surface area (Å²) in [6, 6.07) is 0. The molecule has 0 nitrogen and oxygen atoms in total. The van der Waals surface area contributed by atoms with Crippen LogP contribution in [0.4, 0.5) is 0 Å². The van der Waals surface area contributed by atoms with Crippen molar-refractivity contribution < 1.29 is 0 Å². The molecular formula is C20H38. The van der Waals surface area contributed by atoms with Crippen molar-refractivity contribution in [1.82, 2.24) is 0 Å². The molecule has 0 saturated heterocycles. The second-order valence-corrected chi connectivity index (χ2v) is 9.01. The zero-order valence-electron chi connectivity index (χ0n) is 15.5. The molecule has 0 aromatic rings. The fourth-order valence-corrected chi connectivity index (χ4v) is 4.65. The highest BCUT2D eigenvalue weighted by molar-refractivity contribution is 5.06. The quantitative estimate of drug-likeness (QED) is 0.522. The highest BCUT2D eigenvalue weighted by Crippen LogP contribution is 2.51. The molecule has 1 saturated carbocycles. The molecule has 20 heavy (non-hydrogen) atoms. The topological polar surface area (TPSA) is 0 Å². The average Bonchev–Trinajstić information content (AvgIpc) is 2.29. The molecule has 7 atom stereocenters. The molecule has 1 rings (SSSR count). The van der Waals surface area contributed by atoms with Crippen LogP contribution < -0.4 is 0 Å². The molecule has 1 aliphatic rings. The van der Waals surface area contributed by atoms with E-state index < -0.39 is 0 Å². The van der Waals surface area contributed by atoms with Crippen LogP contribution in [-0.2, 0) is 0 Å². The van der Waals surface area contributed by atoms with Gasteiger partial charge in [0, 0.05) is 0 Å². The SMILES string of the molecule is C=C(C)C(C1C(C)CC(C)C(C)C1C)C(C)C(C)(C)C. The highest BCUT2D eigenvalue weighted by atomic mass is 14.5. The van der Waals surface area contributed by atoms with Gasteiger partial charge in [-0.15, -0.1) is 0 Å². The lowest BCUT2D eigenvalue weighted by Crippen LogP contribution is -2.43. The summed E-state index contributed by atoms with van der Waals surface area (Å²) in [7, 11) is 0. The van der Waals surface area contributed by atoms with Crippen LogP contribution in [0.25, 0.3) is 0 Å². The molecule has 1 aliphatic carbocycles. The van der Waals surface area contributed by atoms with E-state index in [4.69, 9.17) is 0 Å². The normalized spacial score (nSPS) is 38.4. The van der Waals surface area contributed by atoms with Crippen molar-refractivity contribution in [3.63, 3.8) is 0 Å². The van der Waals surface area contributed by atoms with E-state index in [-0.39, 0.29) is 0 Å². The van der Waals surface area contributed by atoms with Crippen molar-refractivity contribution >= 4 is 0 Å². The average molecular weight is 279 g/mol. The maximum absolute atomic E-state index is 4.38. The van der Waals surface area contributed by atoms with Crippen LogP contribution in [0.1, 0.15) is 68.7 Å². The first-order valence-corrected chi connectivity index (χ1v) is 8.63. The minimum Gasteiger partial charge on any atom is -0.0998 e. The Morgan fingerprint density at radius 1 is 1.00 bits per heavy atom. The molecule has 0 aromatic heterocycles. The summed E-state index contributed by atoms with van der Waals surface area (Å²) in [5.74, 6) is 5.48. The lowest BCUT2D eigenvalue weighted by Gasteiger charge is -2.50. The number of rotatable bonds is 3. The van der Waals surface area contributed by atoms with Gasteiger partial charge in [-0.2, -0.15) is 0 Å². The minimum atomic E-state index is 0.357. The first-order chi connectivity index (χ1) is 8.98. The molecule has 0 heterocycles. The predicted molar refractivity (Wildman–Crippen MR) is 91.7 cm³/mol. The van der Waals surface area contributed by atoms with Crippen molar-refractivity contribution in [1.29, 1.82) is 0 Å². The van der Waals surface area contributed by atoms with E-state index in [0.717, 1.165) is 29.6 Å². The van der Waals surface area contributed by atoms with E-state index in [1.807, 2.05) is 0 Å². The summed E-state index contributed by atoms with van der Waals surface area (Å²) in [4.78, 5) is 0. The molecular weight excluding hydrogens is 240 g/mol. The number of hydrogen-bond acceptors (Lipinski definition) is 0. The molecule has 118 valence electrons. The Morgan fingerprint density at radius 3 is 1.90 bits per heavy atom. The van der Waals surface area contributed by atoms with Crippen molar-refractivity contribution in [3.8, 4) is 0 Å². The molecule has 1 fully saturated rings. The maximum Gasteiger partial charge on any atom is -0.0144 e. The summed E-state index contributed by atoms with van der Waals surface area (Å²) < 4.78 is 0. The first kappa shape index (κ1) is 17.8. The van der Waals surface area contributed by atoms with Gasteiger partial charge in [-0.05, 0) is 60.2 Å². The first-order valence-electron chi connectivity index (χ1n) is 8.63. The van der Waals surface area contributed by atoms with Crippen LogP contribution >= 0.6 is 0 Å². The van der Waals surface area contributed by atoms with Gasteiger partial charge in [-0.25, -0.2) is 0 Å². The summed E-state index contributed by atoms with van der Waals surface area (Å²) in [6.45, 7) is 26.1. The third-order valence-corrected chi connectivity index (χ3v) is 6.62. The van der Waals surface area contributed by atoms with E-state index in [1.54, 1.807) is 0 Å². The van der Waals surface area contributed by atoms with Crippen LogP contribution in [0.5, 0.6) is 0 Å². The van der Waals surface area contributed by atoms with Gasteiger partial charge in [0.25, 0.3) is 0 Å². The molecule has 0 aromatic carbocycles. The summed E-state index contributed by atoms with van der Waals surface area (Å²) in [6.07, 6.45) is 1.39. The van der Waals surface area contributed by atoms with E-state index >= 15 is 0 Å². The Balaban J connectivity index is 3.11. The van der Waals surface area contributed by atoms with Gasteiger partial charge in [-0.3, -0.25) is 0 Å². The molecule has 0 radical (unpaired) electrons. The van der Waals surface area contributed by atoms with Crippen molar-refractivity contribution in [2.45, 2.75) is 68.7 Å². The smallest absolute Gasteiger partial charge is 0.0144 e. The fraction of sp³-hybridized carbons (Fsp3) is 0.900. The predicted octanol–water partition coefficient (Wildman–Crippen LogP) is 6.43. The summed E-state index contributed by atoms with van der Waals surface area (Å²) in [5, 5.41) is 0. The molecule has 0 amide bonds. The minimum absolute atomic E-state index is 0.357. The van der Waals surface area contributed by atoms with Gasteiger partial charge < -0.3 is 0 Å². The van der Waals surface area contributed by atoms with Crippen LogP contribution in [0, 0.1) is 46.8 Å². The van der Waals surface area contributed by atoms with Gasteiger partial charge in [-0.1, -0.05) is 67.5 Å². The highest BCUT2D eigenvalue weighted by Gasteiger charge is 2.44. The third kappa shape index (κ3) is 3.49. The number of allylic oxidation sites excluding steroid dienone is 1. The summed E-state index contributed by atoms with van der Waals surface area (Å²) in [5.41, 5.74) is 1.76. The second kappa shape index (κ2) is 6.24. The van der Waals surface area contributed by atoms with Crippen molar-refractivity contribution in [3.05, 3.63) is 12.2 Å². The van der Waals surface area contributed by atoms with Crippen LogP contribution in [-0.4, -0.2) is 0 Å². The second-order valence-electron chi connectivity index (χ2n) is 9.01. The monoisotopic (exact) mass is 278 g/mol. The molecule has 0 N–H and O–H groups in total. The largest absolute Gasteiger partial charge is 0.0998 e. The van der Waals surface area contributed by atoms with Crippen LogP contribution in [0.15, 0.2) is 12.2 Å². The fourth-order valence-electron chi connectivity index (χ4n) is 4.65. The van der Waals surface area contributed by atoms with Crippen LogP contribution in [0.3, 0.4) is 0 Å². The van der Waals surface area contributed by atoms with Crippen molar-refractivity contribution in [2.75, 3.05) is 0 Å². The van der Waals surface area contributed by atoms with Gasteiger partial charge >= 0.3 is 0 Å². The van der Waals surface area contributed by atoms with Gasteiger partial charge in [0.2, 0.25) is 0 Å². The molecule has 7 unspecified atom stereocenters. The van der Waals surface area contributed by atoms with E-state index in [9.17, 15) is 0 Å². The Hall–Kier alpha value is -0.260. The van der Waals surface area contributed by atoms with Crippen molar-refractivity contribution in [2.24, 2.45) is 46.8 Å². The van der Waals surface area contributed by atoms with E-state index in [1.165, 1.54) is 12.0 Å². The molecule has 0 heteroatoms. The number of hydrogen-bond donors (Lipinski definition) is 0. The maximum atomic E-state index is 4.38. The Bertz CT molecular complexity index is 332. The van der Waals surface area contributed by atoms with Crippen LogP contribution in [0.2, 0.25) is 0 Å². The lowest BCUT2D eigenvalue weighted by molar-refractivity contribution is 0.00739. The molecule has 0 spiro atoms. The van der Waals surface area contributed by atoms with E-state index in [0.29, 0.717) is 17.3 Å². The zero-order valence-corrected chi connectivity index (χ0v) is 15.5.